The number of benzene rings is 1. The first-order valence-corrected chi connectivity index (χ1v) is 8.99. The molecule has 0 spiro atoms. The molecule has 0 amide bonds. The number of rotatable bonds is 4. The van der Waals surface area contributed by atoms with Crippen LogP contribution < -0.4 is 4.74 Å². The number of alkyl halides is 3. The van der Waals surface area contributed by atoms with Crippen molar-refractivity contribution >= 4 is 0 Å². The third-order valence-corrected chi connectivity index (χ3v) is 4.28. The van der Waals surface area contributed by atoms with Gasteiger partial charge in [-0.15, -0.1) is 13.2 Å². The molecular weight excluding hydrogens is 368 g/mol. The van der Waals surface area contributed by atoms with Crippen LogP contribution in [0.15, 0.2) is 70.6 Å². The maximum absolute atomic E-state index is 14.1. The average molecular weight is 390 g/mol. The number of hydrogen-bond donors (Lipinski definition) is 0. The number of allylic oxidation sites excluding steroid dienone is 8. The van der Waals surface area contributed by atoms with Gasteiger partial charge in [-0.1, -0.05) is 36.5 Å². The summed E-state index contributed by atoms with van der Waals surface area (Å²) in [4.78, 5) is 0. The van der Waals surface area contributed by atoms with Gasteiger partial charge in [0, 0.05) is 11.1 Å². The van der Waals surface area contributed by atoms with E-state index in [1.165, 1.54) is 24.3 Å². The van der Waals surface area contributed by atoms with Crippen LogP contribution in [0.3, 0.4) is 0 Å². The van der Waals surface area contributed by atoms with E-state index >= 15 is 0 Å². The van der Waals surface area contributed by atoms with Gasteiger partial charge in [-0.25, -0.2) is 4.39 Å². The van der Waals surface area contributed by atoms with E-state index in [9.17, 15) is 17.6 Å². The molecule has 0 saturated carbocycles. The van der Waals surface area contributed by atoms with E-state index in [-0.39, 0.29) is 11.6 Å². The quantitative estimate of drug-likeness (QED) is 0.300. The highest BCUT2D eigenvalue weighted by Gasteiger charge is 2.30. The maximum atomic E-state index is 14.1. The molecule has 5 heteroatoms. The molecule has 0 saturated heterocycles. The van der Waals surface area contributed by atoms with Gasteiger partial charge in [-0.2, -0.15) is 0 Å². The lowest BCUT2D eigenvalue weighted by atomic mass is 9.93. The second-order valence-corrected chi connectivity index (χ2v) is 6.53. The lowest BCUT2D eigenvalue weighted by Crippen LogP contribution is -2.16. The van der Waals surface area contributed by atoms with Crippen LogP contribution in [0.25, 0.3) is 0 Å². The number of hydrogen-bond acceptors (Lipinski definition) is 1. The smallest absolute Gasteiger partial charge is 0.406 e. The summed E-state index contributed by atoms with van der Waals surface area (Å²) in [6.07, 6.45) is 2.80. The molecule has 0 fully saturated rings. The molecule has 28 heavy (non-hydrogen) atoms. The Kier molecular flexibility index (Phi) is 7.28. The van der Waals surface area contributed by atoms with Gasteiger partial charge in [-0.05, 0) is 74.6 Å². The number of halogens is 4. The number of ether oxygens (including phenoxy) is 1. The minimum absolute atomic E-state index is 0.184. The highest BCUT2D eigenvalue weighted by atomic mass is 19.4. The van der Waals surface area contributed by atoms with E-state index in [1.54, 1.807) is 6.08 Å². The molecule has 1 aliphatic carbocycles. The summed E-state index contributed by atoms with van der Waals surface area (Å²) < 4.78 is 54.5. The second-order valence-electron chi connectivity index (χ2n) is 6.53. The topological polar surface area (TPSA) is 9.23 Å². The molecule has 0 atom stereocenters. The third-order valence-electron chi connectivity index (χ3n) is 4.28. The Morgan fingerprint density at radius 2 is 1.82 bits per heavy atom. The first-order chi connectivity index (χ1) is 13.2. The van der Waals surface area contributed by atoms with Crippen LogP contribution >= 0.6 is 0 Å². The van der Waals surface area contributed by atoms with Gasteiger partial charge in [0.2, 0.25) is 0 Å². The summed E-state index contributed by atoms with van der Waals surface area (Å²) in [5, 5.41) is 0. The molecule has 0 unspecified atom stereocenters. The minimum Gasteiger partial charge on any atom is -0.406 e. The Bertz CT molecular complexity index is 885. The van der Waals surface area contributed by atoms with Gasteiger partial charge in [0.15, 0.2) is 0 Å². The van der Waals surface area contributed by atoms with Crippen LogP contribution in [0.2, 0.25) is 0 Å². The predicted molar refractivity (Wildman–Crippen MR) is 103 cm³/mol. The third kappa shape index (κ3) is 6.77. The van der Waals surface area contributed by atoms with Crippen molar-refractivity contribution in [1.82, 2.24) is 0 Å². The molecular formula is C23H22F4O. The first kappa shape index (κ1) is 21.6. The van der Waals surface area contributed by atoms with Gasteiger partial charge < -0.3 is 4.74 Å². The Labute approximate surface area is 163 Å². The zero-order valence-corrected chi connectivity index (χ0v) is 16.1. The molecule has 1 aliphatic rings. The lowest BCUT2D eigenvalue weighted by molar-refractivity contribution is -0.274. The van der Waals surface area contributed by atoms with Crippen LogP contribution in [0.1, 0.15) is 45.6 Å². The standard InChI is InChI=1S/C23H22F4O/c1-4-18(7-6-17(3)21-14-5-16(2)15-22(21)24)8-9-19-10-12-20(13-11-19)28-23(25,26)27/h6-7,10-13,15H,4-5,14H2,1-3H3/b17-6+,18-7+. The van der Waals surface area contributed by atoms with Crippen LogP contribution in [-0.2, 0) is 0 Å². The van der Waals surface area contributed by atoms with Crippen molar-refractivity contribution in [2.45, 2.75) is 46.4 Å². The van der Waals surface area contributed by atoms with E-state index in [4.69, 9.17) is 0 Å². The van der Waals surface area contributed by atoms with Gasteiger partial charge in [0.25, 0.3) is 0 Å². The zero-order valence-electron chi connectivity index (χ0n) is 16.1. The molecule has 0 aliphatic heterocycles. The highest BCUT2D eigenvalue weighted by Crippen LogP contribution is 2.29. The van der Waals surface area contributed by atoms with Crippen molar-refractivity contribution in [2.75, 3.05) is 0 Å². The molecule has 0 N–H and O–H groups in total. The van der Waals surface area contributed by atoms with E-state index in [2.05, 4.69) is 16.6 Å². The fourth-order valence-electron chi connectivity index (χ4n) is 2.67. The van der Waals surface area contributed by atoms with Gasteiger partial charge >= 0.3 is 6.36 Å². The Balaban J connectivity index is 2.13. The molecule has 1 aromatic carbocycles. The molecule has 0 heterocycles. The summed E-state index contributed by atoms with van der Waals surface area (Å²) >= 11 is 0. The summed E-state index contributed by atoms with van der Waals surface area (Å²) in [5.74, 6) is 5.47. The average Bonchev–Trinajstić information content (AvgIpc) is 2.61. The van der Waals surface area contributed by atoms with Crippen molar-refractivity contribution in [3.63, 3.8) is 0 Å². The predicted octanol–water partition coefficient (Wildman–Crippen LogP) is 7.18. The van der Waals surface area contributed by atoms with Gasteiger partial charge in [0.05, 0.1) is 0 Å². The van der Waals surface area contributed by atoms with Crippen LogP contribution in [0.5, 0.6) is 5.75 Å². The summed E-state index contributed by atoms with van der Waals surface area (Å²) in [6, 6.07) is 5.40. The zero-order chi connectivity index (χ0) is 20.7. The highest BCUT2D eigenvalue weighted by molar-refractivity contribution is 5.46. The van der Waals surface area contributed by atoms with E-state index in [0.717, 1.165) is 23.1 Å². The Morgan fingerprint density at radius 1 is 1.14 bits per heavy atom. The fourth-order valence-corrected chi connectivity index (χ4v) is 2.67. The fraction of sp³-hybridized carbons (Fsp3) is 0.304. The SMILES string of the molecule is CC/C(C#Cc1ccc(OC(F)(F)F)cc1)=C\C=C(/C)C1=C(F)C=C(C)CC1. The first-order valence-electron chi connectivity index (χ1n) is 8.99. The lowest BCUT2D eigenvalue weighted by Gasteiger charge is -2.14. The molecule has 0 radical (unpaired) electrons. The van der Waals surface area contributed by atoms with Crippen molar-refractivity contribution in [3.8, 4) is 17.6 Å². The summed E-state index contributed by atoms with van der Waals surface area (Å²) in [7, 11) is 0. The van der Waals surface area contributed by atoms with Gasteiger partial charge in [0.1, 0.15) is 11.6 Å². The monoisotopic (exact) mass is 390 g/mol. The normalized spacial score (nSPS) is 15.8. The van der Waals surface area contributed by atoms with E-state index < -0.39 is 6.36 Å². The summed E-state index contributed by atoms with van der Waals surface area (Å²) in [6.45, 7) is 5.75. The van der Waals surface area contributed by atoms with E-state index in [0.29, 0.717) is 24.0 Å². The molecule has 1 aromatic rings. The molecule has 2 rings (SSSR count). The van der Waals surface area contributed by atoms with Crippen molar-refractivity contribution in [1.29, 1.82) is 0 Å². The largest absolute Gasteiger partial charge is 0.573 e. The maximum Gasteiger partial charge on any atom is 0.573 e. The van der Waals surface area contributed by atoms with Crippen molar-refractivity contribution < 1.29 is 22.3 Å². The molecule has 148 valence electrons. The summed E-state index contributed by atoms with van der Waals surface area (Å²) in [5.41, 5.74) is 4.04. The minimum atomic E-state index is -4.71. The van der Waals surface area contributed by atoms with Crippen LogP contribution in [0.4, 0.5) is 17.6 Å². The van der Waals surface area contributed by atoms with Crippen LogP contribution in [0, 0.1) is 11.8 Å². The molecule has 0 bridgehead atoms. The molecule has 1 nitrogen and oxygen atoms in total. The Morgan fingerprint density at radius 3 is 2.39 bits per heavy atom. The van der Waals surface area contributed by atoms with Crippen molar-refractivity contribution in [3.05, 3.63) is 76.2 Å². The van der Waals surface area contributed by atoms with E-state index in [1.807, 2.05) is 32.9 Å². The van der Waals surface area contributed by atoms with Crippen molar-refractivity contribution in [2.24, 2.45) is 0 Å². The second kappa shape index (κ2) is 9.45. The Hall–Kier alpha value is -2.74. The van der Waals surface area contributed by atoms with Crippen LogP contribution in [-0.4, -0.2) is 6.36 Å². The van der Waals surface area contributed by atoms with Gasteiger partial charge in [-0.3, -0.25) is 0 Å². The molecule has 0 aromatic heterocycles.